The molecule has 1 aliphatic carbocycles. The van der Waals surface area contributed by atoms with Crippen molar-refractivity contribution >= 4 is 13.7 Å². The van der Waals surface area contributed by atoms with E-state index in [-0.39, 0.29) is 17.3 Å². The van der Waals surface area contributed by atoms with Gasteiger partial charge in [0.1, 0.15) is 0 Å². The van der Waals surface area contributed by atoms with Crippen molar-refractivity contribution in [1.29, 1.82) is 0 Å². The molecule has 1 aliphatic rings. The van der Waals surface area contributed by atoms with Gasteiger partial charge in [0.05, 0.1) is 6.61 Å². The van der Waals surface area contributed by atoms with Gasteiger partial charge in [-0.2, -0.15) is 0 Å². The first-order valence-electron chi connectivity index (χ1n) is 10.4. The molecule has 6 nitrogen and oxygen atoms in total. The zero-order chi connectivity index (χ0) is 23.1. The van der Waals surface area contributed by atoms with Crippen LogP contribution in [0.15, 0.2) is 52.0 Å². The van der Waals surface area contributed by atoms with Crippen molar-refractivity contribution < 1.29 is 42.6 Å². The van der Waals surface area contributed by atoms with Crippen LogP contribution in [0.2, 0.25) is 0 Å². The van der Waals surface area contributed by atoms with Gasteiger partial charge < -0.3 is 0 Å². The van der Waals surface area contributed by atoms with Gasteiger partial charge in [-0.1, -0.05) is 18.5 Å². The van der Waals surface area contributed by atoms with Crippen LogP contribution >= 0.6 is 0 Å². The average molecular weight is 619 g/mol. The van der Waals surface area contributed by atoms with Crippen molar-refractivity contribution in [2.45, 2.75) is 58.3 Å². The molecule has 1 fully saturated rings. The van der Waals surface area contributed by atoms with Crippen LogP contribution in [0.4, 0.5) is 0 Å². The molecule has 0 saturated heterocycles. The van der Waals surface area contributed by atoms with Crippen molar-refractivity contribution in [2.75, 3.05) is 19.0 Å². The van der Waals surface area contributed by atoms with Crippen LogP contribution in [-0.2, 0) is 34.0 Å². The monoisotopic (exact) mass is 619 g/mol. The van der Waals surface area contributed by atoms with Crippen LogP contribution in [0.25, 0.3) is 0 Å². The van der Waals surface area contributed by atoms with Crippen LogP contribution in [0, 0.1) is 5.41 Å². The Morgan fingerprint density at radius 1 is 1.19 bits per heavy atom. The summed E-state index contributed by atoms with van der Waals surface area (Å²) in [5.74, 6) is 0.639. The average Bonchev–Trinajstić information content (AvgIpc) is 3.20. The fraction of sp³-hybridized carbons (Fsp3) is 0.522. The Morgan fingerprint density at radius 2 is 1.81 bits per heavy atom. The van der Waals surface area contributed by atoms with Crippen LogP contribution in [0.1, 0.15) is 53.4 Å². The van der Waals surface area contributed by atoms with E-state index in [1.165, 1.54) is 34.4 Å². The quantitative estimate of drug-likeness (QED) is 0.284. The Balaban J connectivity index is 2.13. The number of sulfone groups is 1. The SMILES string of the molecule is CC=C(C)C(COc1ccc(S(=O)(=O)CC2(CONO)CCCC2)cc1)=C(C)[C](C)=[W]. The van der Waals surface area contributed by atoms with E-state index in [4.69, 9.17) is 14.8 Å². The molecule has 172 valence electrons. The Bertz CT molecular complexity index is 929. The van der Waals surface area contributed by atoms with E-state index in [0.717, 1.165) is 31.3 Å². The Morgan fingerprint density at radius 3 is 2.32 bits per heavy atom. The molecule has 0 atom stereocenters. The molecule has 0 spiro atoms. The molecule has 2 N–H and O–H groups in total. The predicted molar refractivity (Wildman–Crippen MR) is 119 cm³/mol. The predicted octanol–water partition coefficient (Wildman–Crippen LogP) is 4.33. The molecular weight excluding hydrogens is 586 g/mol. The third kappa shape index (κ3) is 7.19. The summed E-state index contributed by atoms with van der Waals surface area (Å²) >= 11 is 1.43. The second kappa shape index (κ2) is 11.7. The van der Waals surface area contributed by atoms with Crippen molar-refractivity contribution in [3.05, 3.63) is 47.1 Å². The van der Waals surface area contributed by atoms with Gasteiger partial charge in [0, 0.05) is 0 Å². The van der Waals surface area contributed by atoms with E-state index in [1.807, 2.05) is 6.92 Å². The molecule has 1 saturated carbocycles. The first-order valence-corrected chi connectivity index (χ1v) is 13.6. The Labute approximate surface area is 197 Å². The van der Waals surface area contributed by atoms with Crippen molar-refractivity contribution in [3.63, 3.8) is 0 Å². The third-order valence-corrected chi connectivity index (χ3v) is 9.14. The molecule has 0 unspecified atom stereocenters. The van der Waals surface area contributed by atoms with Gasteiger partial charge in [-0.05, 0) is 12.8 Å². The molecule has 0 aliphatic heterocycles. The van der Waals surface area contributed by atoms with Gasteiger partial charge in [-0.3, -0.25) is 10.0 Å². The Kier molecular flexibility index (Phi) is 9.84. The summed E-state index contributed by atoms with van der Waals surface area (Å²) in [6.45, 7) is 8.92. The molecule has 1 aromatic carbocycles. The van der Waals surface area contributed by atoms with Gasteiger partial charge in [0.15, 0.2) is 0 Å². The summed E-state index contributed by atoms with van der Waals surface area (Å²) in [5, 5.41) is 8.75. The standard InChI is InChI=1S/C23H33NO5S.W/c1-5-18(3)22(19(4)6-2)15-28-20-9-11-21(12-10-20)30(26,27)17-23(16-29-24-25)13-7-8-14-23;/h5,9-12,24-25H,7-8,13-17H2,1-4H3;. The number of allylic oxidation sites excluding steroid dienone is 2. The van der Waals surface area contributed by atoms with Crippen LogP contribution in [-0.4, -0.2) is 36.5 Å². The molecule has 0 bridgehead atoms. The molecule has 31 heavy (non-hydrogen) atoms. The van der Waals surface area contributed by atoms with E-state index in [1.54, 1.807) is 29.9 Å². The summed E-state index contributed by atoms with van der Waals surface area (Å²) in [7, 11) is -3.49. The zero-order valence-corrected chi connectivity index (χ0v) is 22.5. The first-order chi connectivity index (χ1) is 14.6. The molecule has 2 rings (SSSR count). The molecule has 0 amide bonds. The van der Waals surface area contributed by atoms with Crippen molar-refractivity contribution in [2.24, 2.45) is 5.41 Å². The number of hydrogen-bond donors (Lipinski definition) is 2. The van der Waals surface area contributed by atoms with E-state index in [0.29, 0.717) is 12.4 Å². The summed E-state index contributed by atoms with van der Waals surface area (Å²) in [6.07, 6.45) is 5.54. The van der Waals surface area contributed by atoms with Gasteiger partial charge in [0.25, 0.3) is 0 Å². The third-order valence-electron chi connectivity index (χ3n) is 6.06. The van der Waals surface area contributed by atoms with Gasteiger partial charge >= 0.3 is 149 Å². The summed E-state index contributed by atoms with van der Waals surface area (Å²) in [4.78, 5) is 5.23. The topological polar surface area (TPSA) is 84.9 Å². The molecule has 0 heterocycles. The number of hydrogen-bond acceptors (Lipinski definition) is 6. The molecule has 1 aromatic rings. The number of nitrogens with one attached hydrogen (secondary N) is 1. The van der Waals surface area contributed by atoms with Gasteiger partial charge in [-0.25, -0.2) is 0 Å². The minimum absolute atomic E-state index is 0.00238. The maximum atomic E-state index is 13.0. The second-order valence-electron chi connectivity index (χ2n) is 8.24. The zero-order valence-electron chi connectivity index (χ0n) is 18.7. The second-order valence-corrected chi connectivity index (χ2v) is 12.4. The number of ether oxygens (including phenoxy) is 1. The molecule has 0 aromatic heterocycles. The van der Waals surface area contributed by atoms with E-state index < -0.39 is 15.3 Å². The summed E-state index contributed by atoms with van der Waals surface area (Å²) in [5.41, 5.74) is 4.79. The number of rotatable bonds is 11. The maximum absolute atomic E-state index is 13.0. The van der Waals surface area contributed by atoms with E-state index in [9.17, 15) is 8.42 Å². The molecule has 0 radical (unpaired) electrons. The normalized spacial score (nSPS) is 17.4. The minimum atomic E-state index is -3.49. The van der Waals surface area contributed by atoms with E-state index in [2.05, 4.69) is 26.8 Å². The van der Waals surface area contributed by atoms with E-state index >= 15 is 0 Å². The fourth-order valence-electron chi connectivity index (χ4n) is 3.93. The van der Waals surface area contributed by atoms with Gasteiger partial charge in [0.2, 0.25) is 0 Å². The summed E-state index contributed by atoms with van der Waals surface area (Å²) < 4.78 is 33.4. The van der Waals surface area contributed by atoms with Gasteiger partial charge in [-0.15, -0.1) is 0 Å². The summed E-state index contributed by atoms with van der Waals surface area (Å²) in [6, 6.07) is 6.65. The van der Waals surface area contributed by atoms with Crippen molar-refractivity contribution in [1.82, 2.24) is 5.64 Å². The first kappa shape index (κ1) is 26.1. The molecular formula is C23H33NO5SW. The fourth-order valence-corrected chi connectivity index (χ4v) is 6.27. The van der Waals surface area contributed by atoms with Crippen LogP contribution < -0.4 is 10.4 Å². The van der Waals surface area contributed by atoms with Crippen LogP contribution in [0.5, 0.6) is 5.75 Å². The Hall–Kier alpha value is -1.11. The number of benzene rings is 1. The molecule has 8 heteroatoms. The van der Waals surface area contributed by atoms with Crippen LogP contribution in [0.3, 0.4) is 0 Å². The van der Waals surface area contributed by atoms with Crippen molar-refractivity contribution in [3.8, 4) is 5.75 Å².